The van der Waals surface area contributed by atoms with Gasteiger partial charge in [0, 0.05) is 19.4 Å². The number of hydrogen-bond donors (Lipinski definition) is 2. The van der Waals surface area contributed by atoms with Gasteiger partial charge in [-0.15, -0.1) is 0 Å². The number of hydrogen-bond acceptors (Lipinski definition) is 8. The van der Waals surface area contributed by atoms with Crippen molar-refractivity contribution < 1.29 is 37.6 Å². The first-order valence-corrected chi connectivity index (χ1v) is 44.5. The fraction of sp³-hybridized carbons (Fsp3) is 0.758. The summed E-state index contributed by atoms with van der Waals surface area (Å²) in [5.74, 6) is -0.819. The Kier molecular flexibility index (Phi) is 82.3. The van der Waals surface area contributed by atoms with Gasteiger partial charge >= 0.3 is 19.8 Å². The molecule has 0 fully saturated rings. The molecule has 0 radical (unpaired) electrons. The Morgan fingerprint density at radius 2 is 0.545 bits per heavy atom. The molecule has 2 unspecified atom stereocenters. The smallest absolute Gasteiger partial charge is 0.462 e. The van der Waals surface area contributed by atoms with Gasteiger partial charge in [-0.2, -0.15) is 0 Å². The Bertz CT molecular complexity index is 2080. The summed E-state index contributed by atoms with van der Waals surface area (Å²) in [4.78, 5) is 35.5. The van der Waals surface area contributed by atoms with Crippen molar-refractivity contribution >= 4 is 19.8 Å². The molecule has 0 saturated carbocycles. The van der Waals surface area contributed by atoms with E-state index in [1.165, 1.54) is 276 Å². The second-order valence-electron chi connectivity index (χ2n) is 28.7. The summed E-state index contributed by atoms with van der Waals surface area (Å²) in [5.41, 5.74) is 5.42. The van der Waals surface area contributed by atoms with E-state index in [0.717, 1.165) is 103 Å². The Morgan fingerprint density at radius 3 is 0.822 bits per heavy atom. The lowest BCUT2D eigenvalue weighted by Crippen LogP contribution is -2.29. The highest BCUT2D eigenvalue weighted by molar-refractivity contribution is 7.47. The van der Waals surface area contributed by atoms with Crippen LogP contribution in [0.25, 0.3) is 0 Å². The molecular weight excluding hydrogens is 1270 g/mol. The summed E-state index contributed by atoms with van der Waals surface area (Å²) < 4.78 is 33.3. The van der Waals surface area contributed by atoms with Gasteiger partial charge in [0.05, 0.1) is 13.2 Å². The predicted molar refractivity (Wildman–Crippen MR) is 441 cm³/mol. The number of carbonyl (C=O) groups is 2. The van der Waals surface area contributed by atoms with Crippen LogP contribution in [0.3, 0.4) is 0 Å². The SMILES string of the molecule is CC/C=C\C/C=C\C/C=C\C/C=C\C/C=C\C/C=C\C/C=C\C/C=C\C/C=C\CCCCCCCCCCCCCC(=O)OC(COC(=O)CCCCCCCCCCCCCCCCCCCCCCCCCCCCCCC/C=C\CCCCCCCCCC)COP(=O)(O)OCCN. The first-order valence-electron chi connectivity index (χ1n) is 43.0. The number of ether oxygens (including phenoxy) is 2. The second kappa shape index (κ2) is 85.3. The molecule has 0 saturated heterocycles. The van der Waals surface area contributed by atoms with Gasteiger partial charge in [-0.3, -0.25) is 18.6 Å². The molecule has 0 aromatic heterocycles. The normalized spacial score (nSPS) is 13.4. The second-order valence-corrected chi connectivity index (χ2v) is 30.1. The molecule has 3 N–H and O–H groups in total. The van der Waals surface area contributed by atoms with E-state index in [-0.39, 0.29) is 38.6 Å². The van der Waals surface area contributed by atoms with Gasteiger partial charge in [-0.25, -0.2) is 4.57 Å². The first-order chi connectivity index (χ1) is 49.8. The zero-order valence-corrected chi connectivity index (χ0v) is 67.0. The van der Waals surface area contributed by atoms with Gasteiger partial charge in [-0.1, -0.05) is 411 Å². The van der Waals surface area contributed by atoms with Crippen LogP contribution in [0.2, 0.25) is 0 Å². The number of phosphoric ester groups is 1. The minimum atomic E-state index is -4.40. The van der Waals surface area contributed by atoms with Gasteiger partial charge < -0.3 is 20.1 Å². The van der Waals surface area contributed by atoms with Crippen molar-refractivity contribution in [2.24, 2.45) is 5.73 Å². The minimum absolute atomic E-state index is 0.0502. The fourth-order valence-electron chi connectivity index (χ4n) is 12.5. The number of esters is 2. The molecule has 0 spiro atoms. The monoisotopic (exact) mass is 1430 g/mol. The fourth-order valence-corrected chi connectivity index (χ4v) is 13.3. The van der Waals surface area contributed by atoms with Crippen molar-refractivity contribution in [2.45, 2.75) is 418 Å². The van der Waals surface area contributed by atoms with Gasteiger partial charge in [0.1, 0.15) is 6.61 Å². The van der Waals surface area contributed by atoms with Crippen molar-refractivity contribution in [1.82, 2.24) is 0 Å². The quantitative estimate of drug-likeness (QED) is 0.0264. The molecule has 10 heteroatoms. The van der Waals surface area contributed by atoms with Gasteiger partial charge in [0.15, 0.2) is 6.10 Å². The molecule has 0 aliphatic carbocycles. The molecule has 9 nitrogen and oxygen atoms in total. The molecule has 0 rings (SSSR count). The molecule has 0 amide bonds. The molecule has 0 aromatic rings. The Hall–Kier alpha value is -3.59. The standard InChI is InChI=1S/C91H162NO8P/c1-3-5-7-9-11-13-15-17-19-21-23-25-27-29-31-33-35-37-39-41-43-44-46-47-49-51-53-55-57-59-61-63-65-67-69-71-73-75-77-79-81-83-90(93)97-87-89(88-99-101(95,96)98-86-85-92)100-91(94)84-82-80-78-76-74-72-70-68-66-64-62-60-58-56-54-52-50-48-45-42-40-38-36-34-32-30-28-26-24-22-20-18-16-14-12-10-8-6-4-2/h6,8,12,14,18,20-21,23-24,26,30,32,36,38,42,45,50,52,56,58,89H,3-5,7,9-11,13,15-17,19,22,25,27-29,31,33-35,37,39-41,43-44,46-49,51,53-55,57,59-88,92H2,1-2H3,(H,95,96)/b8-6-,14-12-,20-18-,23-21-,26-24-,32-30-,38-36-,45-42-,52-50-,58-56-. The van der Waals surface area contributed by atoms with Crippen LogP contribution in [0.15, 0.2) is 122 Å². The van der Waals surface area contributed by atoms with Crippen LogP contribution in [0.5, 0.6) is 0 Å². The van der Waals surface area contributed by atoms with E-state index in [2.05, 4.69) is 135 Å². The summed E-state index contributed by atoms with van der Waals surface area (Å²) in [5, 5.41) is 0. The summed E-state index contributed by atoms with van der Waals surface area (Å²) in [6.07, 6.45) is 121. The predicted octanol–water partition coefficient (Wildman–Crippen LogP) is 29.3. The molecule has 584 valence electrons. The van der Waals surface area contributed by atoms with E-state index in [9.17, 15) is 19.0 Å². The van der Waals surface area contributed by atoms with Gasteiger partial charge in [0.25, 0.3) is 0 Å². The zero-order valence-electron chi connectivity index (χ0n) is 66.1. The van der Waals surface area contributed by atoms with Crippen LogP contribution < -0.4 is 5.73 Å². The molecular formula is C91H162NO8P. The van der Waals surface area contributed by atoms with Crippen LogP contribution in [-0.4, -0.2) is 49.3 Å². The zero-order chi connectivity index (χ0) is 72.9. The van der Waals surface area contributed by atoms with Crippen LogP contribution in [0.4, 0.5) is 0 Å². The first kappa shape index (κ1) is 97.4. The molecule has 0 aliphatic rings. The largest absolute Gasteiger partial charge is 0.472 e. The number of carbonyl (C=O) groups excluding carboxylic acids is 2. The van der Waals surface area contributed by atoms with Crippen LogP contribution in [0, 0.1) is 0 Å². The van der Waals surface area contributed by atoms with Crippen LogP contribution >= 0.6 is 7.82 Å². The molecule has 0 heterocycles. The lowest BCUT2D eigenvalue weighted by atomic mass is 10.0. The number of rotatable bonds is 81. The molecule has 0 aromatic carbocycles. The average Bonchev–Trinajstić information content (AvgIpc) is 1.01. The number of unbranched alkanes of at least 4 members (excludes halogenated alkanes) is 48. The van der Waals surface area contributed by atoms with Crippen LogP contribution in [-0.2, 0) is 32.7 Å². The third-order valence-corrected chi connectivity index (χ3v) is 19.8. The molecule has 0 bridgehead atoms. The lowest BCUT2D eigenvalue weighted by molar-refractivity contribution is -0.161. The molecule has 101 heavy (non-hydrogen) atoms. The molecule has 0 aliphatic heterocycles. The number of allylic oxidation sites excluding steroid dienone is 20. The highest BCUT2D eigenvalue weighted by Gasteiger charge is 2.26. The maximum atomic E-state index is 12.8. The summed E-state index contributed by atoms with van der Waals surface area (Å²) in [7, 11) is -4.40. The maximum absolute atomic E-state index is 12.8. The highest BCUT2D eigenvalue weighted by atomic mass is 31.2. The van der Waals surface area contributed by atoms with Gasteiger partial charge in [0.2, 0.25) is 0 Å². The van der Waals surface area contributed by atoms with Crippen molar-refractivity contribution in [3.8, 4) is 0 Å². The van der Waals surface area contributed by atoms with Crippen LogP contribution in [0.1, 0.15) is 412 Å². The Balaban J connectivity index is 3.79. The van der Waals surface area contributed by atoms with E-state index < -0.39 is 26.5 Å². The summed E-state index contributed by atoms with van der Waals surface area (Å²) in [6.45, 7) is 3.68. The number of phosphoric acid groups is 1. The minimum Gasteiger partial charge on any atom is -0.462 e. The topological polar surface area (TPSA) is 134 Å². The van der Waals surface area contributed by atoms with E-state index in [1.54, 1.807) is 0 Å². The maximum Gasteiger partial charge on any atom is 0.472 e. The summed E-state index contributed by atoms with van der Waals surface area (Å²) in [6, 6.07) is 0. The van der Waals surface area contributed by atoms with Crippen molar-refractivity contribution in [2.75, 3.05) is 26.4 Å². The van der Waals surface area contributed by atoms with Gasteiger partial charge in [-0.05, 0) is 109 Å². The van der Waals surface area contributed by atoms with Crippen molar-refractivity contribution in [1.29, 1.82) is 0 Å². The third-order valence-electron chi connectivity index (χ3n) is 18.8. The van der Waals surface area contributed by atoms with E-state index in [0.29, 0.717) is 6.42 Å². The van der Waals surface area contributed by atoms with Crippen molar-refractivity contribution in [3.63, 3.8) is 0 Å². The van der Waals surface area contributed by atoms with Crippen molar-refractivity contribution in [3.05, 3.63) is 122 Å². The summed E-state index contributed by atoms with van der Waals surface area (Å²) >= 11 is 0. The lowest BCUT2D eigenvalue weighted by Gasteiger charge is -2.19. The third kappa shape index (κ3) is 85.2. The van der Waals surface area contributed by atoms with E-state index in [1.807, 2.05) is 0 Å². The van der Waals surface area contributed by atoms with E-state index in [4.69, 9.17) is 24.3 Å². The molecule has 2 atom stereocenters. The average molecular weight is 1430 g/mol. The highest BCUT2D eigenvalue weighted by Crippen LogP contribution is 2.43. The Labute approximate surface area is 625 Å². The number of nitrogens with two attached hydrogens (primary N) is 1. The van der Waals surface area contributed by atoms with E-state index >= 15 is 0 Å². The Morgan fingerprint density at radius 1 is 0.307 bits per heavy atom.